The molecule has 3 aliphatic rings. The molecule has 1 spiro atoms. The van der Waals surface area contributed by atoms with Crippen molar-refractivity contribution in [3.63, 3.8) is 0 Å². The van der Waals surface area contributed by atoms with Gasteiger partial charge in [0, 0.05) is 37.8 Å². The van der Waals surface area contributed by atoms with E-state index in [0.29, 0.717) is 18.4 Å². The molecule has 27 heavy (non-hydrogen) atoms. The van der Waals surface area contributed by atoms with Crippen LogP contribution in [0.5, 0.6) is 0 Å². The minimum Gasteiger partial charge on any atom is -0.450 e. The van der Waals surface area contributed by atoms with E-state index in [2.05, 4.69) is 9.88 Å². The maximum Gasteiger partial charge on any atom is 0.342 e. The van der Waals surface area contributed by atoms with Crippen LogP contribution in [-0.2, 0) is 15.1 Å². The fraction of sp³-hybridized carbons (Fsp3) is 0.650. The molecule has 4 rings (SSSR count). The van der Waals surface area contributed by atoms with Gasteiger partial charge in [-0.2, -0.15) is 0 Å². The standard InChI is InChI=1S/C20H26ClN3O3/c1-23(12-13-24-10-2-3-11-24)18(25)14-4-7-20(8-5-14)15-6-9-22-17(21)16(15)19(26)27-20/h6,9,14H,2-5,7-8,10-13H2,1H3. The van der Waals surface area contributed by atoms with Crippen LogP contribution >= 0.6 is 11.6 Å². The van der Waals surface area contributed by atoms with Crippen LogP contribution in [0.2, 0.25) is 5.15 Å². The molecule has 1 aliphatic carbocycles. The summed E-state index contributed by atoms with van der Waals surface area (Å²) in [4.78, 5) is 33.4. The maximum atomic E-state index is 12.8. The molecule has 0 atom stereocenters. The van der Waals surface area contributed by atoms with Gasteiger partial charge in [-0.1, -0.05) is 11.6 Å². The van der Waals surface area contributed by atoms with E-state index in [1.165, 1.54) is 12.8 Å². The average Bonchev–Trinajstić information content (AvgIpc) is 3.28. The Morgan fingerprint density at radius 3 is 2.78 bits per heavy atom. The van der Waals surface area contributed by atoms with Gasteiger partial charge < -0.3 is 14.5 Å². The normalized spacial score (nSPS) is 27.6. The monoisotopic (exact) mass is 391 g/mol. The Balaban J connectivity index is 1.37. The summed E-state index contributed by atoms with van der Waals surface area (Å²) in [5.74, 6) is -0.184. The highest BCUT2D eigenvalue weighted by Crippen LogP contribution is 2.49. The molecule has 146 valence electrons. The van der Waals surface area contributed by atoms with Crippen LogP contribution in [0.1, 0.15) is 54.4 Å². The van der Waals surface area contributed by atoms with Crippen molar-refractivity contribution in [3.05, 3.63) is 28.5 Å². The van der Waals surface area contributed by atoms with Crippen LogP contribution in [0, 0.1) is 5.92 Å². The number of likely N-dealkylation sites (N-methyl/N-ethyl adjacent to an activating group) is 1. The molecular weight excluding hydrogens is 366 g/mol. The first-order valence-electron chi connectivity index (χ1n) is 9.86. The largest absolute Gasteiger partial charge is 0.450 e. The molecule has 0 N–H and O–H groups in total. The molecule has 0 aromatic carbocycles. The third-order valence-electron chi connectivity index (χ3n) is 6.36. The van der Waals surface area contributed by atoms with Crippen molar-refractivity contribution in [2.24, 2.45) is 5.92 Å². The first-order valence-corrected chi connectivity index (χ1v) is 10.2. The summed E-state index contributed by atoms with van der Waals surface area (Å²) < 4.78 is 5.75. The minimum absolute atomic E-state index is 0.000681. The van der Waals surface area contributed by atoms with E-state index >= 15 is 0 Å². The molecule has 2 aliphatic heterocycles. The molecule has 1 saturated carbocycles. The molecule has 1 saturated heterocycles. The van der Waals surface area contributed by atoms with Gasteiger partial charge in [0.1, 0.15) is 16.3 Å². The summed E-state index contributed by atoms with van der Waals surface area (Å²) in [6.07, 6.45) is 6.91. The third kappa shape index (κ3) is 3.45. The van der Waals surface area contributed by atoms with E-state index in [1.54, 1.807) is 6.20 Å². The van der Waals surface area contributed by atoms with Crippen LogP contribution < -0.4 is 0 Å². The summed E-state index contributed by atoms with van der Waals surface area (Å²) in [5.41, 5.74) is 0.594. The highest BCUT2D eigenvalue weighted by Gasteiger charge is 2.49. The number of hydrogen-bond donors (Lipinski definition) is 0. The van der Waals surface area contributed by atoms with Gasteiger partial charge in [0.25, 0.3) is 0 Å². The summed E-state index contributed by atoms with van der Waals surface area (Å²) >= 11 is 6.10. The molecule has 3 heterocycles. The summed E-state index contributed by atoms with van der Waals surface area (Å²) in [6.45, 7) is 4.03. The van der Waals surface area contributed by atoms with Crippen LogP contribution in [0.3, 0.4) is 0 Å². The predicted octanol–water partition coefficient (Wildman–Crippen LogP) is 2.85. The molecule has 0 bridgehead atoms. The molecule has 1 amide bonds. The van der Waals surface area contributed by atoms with Crippen molar-refractivity contribution in [1.82, 2.24) is 14.8 Å². The van der Waals surface area contributed by atoms with Crippen LogP contribution in [0.4, 0.5) is 0 Å². The van der Waals surface area contributed by atoms with Gasteiger partial charge in [-0.25, -0.2) is 9.78 Å². The maximum absolute atomic E-state index is 12.8. The fourth-order valence-corrected chi connectivity index (χ4v) is 4.95. The van der Waals surface area contributed by atoms with Crippen LogP contribution in [0.25, 0.3) is 0 Å². The zero-order valence-electron chi connectivity index (χ0n) is 15.7. The van der Waals surface area contributed by atoms with Crippen molar-refractivity contribution in [2.75, 3.05) is 33.2 Å². The zero-order valence-corrected chi connectivity index (χ0v) is 16.5. The lowest BCUT2D eigenvalue weighted by molar-refractivity contribution is -0.137. The number of aromatic nitrogens is 1. The quantitative estimate of drug-likeness (QED) is 0.583. The number of likely N-dealkylation sites (tertiary alicyclic amines) is 1. The summed E-state index contributed by atoms with van der Waals surface area (Å²) in [5, 5.41) is 0.203. The van der Waals surface area contributed by atoms with Gasteiger partial charge in [0.2, 0.25) is 5.91 Å². The first kappa shape index (κ1) is 18.7. The Bertz CT molecular complexity index is 740. The van der Waals surface area contributed by atoms with E-state index < -0.39 is 11.6 Å². The number of nitrogens with zero attached hydrogens (tertiary/aromatic N) is 3. The number of rotatable bonds is 4. The molecule has 2 fully saturated rings. The second-order valence-electron chi connectivity index (χ2n) is 7.99. The van der Waals surface area contributed by atoms with Crippen LogP contribution in [-0.4, -0.2) is 59.9 Å². The molecule has 7 heteroatoms. The van der Waals surface area contributed by atoms with Gasteiger partial charge in [0.05, 0.1) is 0 Å². The van der Waals surface area contributed by atoms with E-state index in [0.717, 1.165) is 44.6 Å². The highest BCUT2D eigenvalue weighted by molar-refractivity contribution is 6.32. The van der Waals surface area contributed by atoms with E-state index in [4.69, 9.17) is 16.3 Å². The number of carbonyl (C=O) groups is 2. The SMILES string of the molecule is CN(CCN1CCCC1)C(=O)C1CCC2(CC1)OC(=O)c1c2ccnc1Cl. The van der Waals surface area contributed by atoms with Crippen molar-refractivity contribution < 1.29 is 14.3 Å². The number of pyridine rings is 1. The Morgan fingerprint density at radius 1 is 1.37 bits per heavy atom. The lowest BCUT2D eigenvalue weighted by Gasteiger charge is -2.37. The average molecular weight is 392 g/mol. The first-order chi connectivity index (χ1) is 13.0. The number of fused-ring (bicyclic) bond motifs is 2. The lowest BCUT2D eigenvalue weighted by atomic mass is 9.75. The molecular formula is C20H26ClN3O3. The second kappa shape index (κ2) is 7.40. The van der Waals surface area contributed by atoms with Crippen molar-refractivity contribution in [2.45, 2.75) is 44.1 Å². The van der Waals surface area contributed by atoms with E-state index in [-0.39, 0.29) is 17.0 Å². The van der Waals surface area contributed by atoms with Gasteiger partial charge in [-0.15, -0.1) is 0 Å². The zero-order chi connectivity index (χ0) is 19.0. The topological polar surface area (TPSA) is 62.7 Å². The van der Waals surface area contributed by atoms with Gasteiger partial charge in [-0.05, 0) is 57.7 Å². The summed E-state index contributed by atoms with van der Waals surface area (Å²) in [7, 11) is 1.90. The van der Waals surface area contributed by atoms with Gasteiger partial charge in [0.15, 0.2) is 0 Å². The van der Waals surface area contributed by atoms with Crippen molar-refractivity contribution >= 4 is 23.5 Å². The van der Waals surface area contributed by atoms with Crippen molar-refractivity contribution in [1.29, 1.82) is 0 Å². The lowest BCUT2D eigenvalue weighted by Crippen LogP contribution is -2.41. The Labute approximate surface area is 164 Å². The summed E-state index contributed by atoms with van der Waals surface area (Å²) in [6, 6.07) is 1.83. The van der Waals surface area contributed by atoms with Crippen molar-refractivity contribution in [3.8, 4) is 0 Å². The number of halogens is 1. The second-order valence-corrected chi connectivity index (χ2v) is 8.35. The highest BCUT2D eigenvalue weighted by atomic mass is 35.5. The van der Waals surface area contributed by atoms with E-state index in [9.17, 15) is 9.59 Å². The third-order valence-corrected chi connectivity index (χ3v) is 6.64. The molecule has 1 aromatic rings. The molecule has 0 unspecified atom stereocenters. The van der Waals surface area contributed by atoms with Crippen LogP contribution in [0.15, 0.2) is 12.3 Å². The Kier molecular flexibility index (Phi) is 5.12. The predicted molar refractivity (Wildman–Crippen MR) is 102 cm³/mol. The Morgan fingerprint density at radius 2 is 2.07 bits per heavy atom. The number of amides is 1. The number of esters is 1. The Hall–Kier alpha value is -1.66. The smallest absolute Gasteiger partial charge is 0.342 e. The molecule has 0 radical (unpaired) electrons. The minimum atomic E-state index is -0.635. The van der Waals surface area contributed by atoms with E-state index in [1.807, 2.05) is 18.0 Å². The fourth-order valence-electron chi connectivity index (χ4n) is 4.72. The number of ether oxygens (including phenoxy) is 1. The molecule has 6 nitrogen and oxygen atoms in total. The van der Waals surface area contributed by atoms with Gasteiger partial charge in [-0.3, -0.25) is 4.79 Å². The number of hydrogen-bond acceptors (Lipinski definition) is 5. The number of carbonyl (C=O) groups excluding carboxylic acids is 2. The van der Waals surface area contributed by atoms with Gasteiger partial charge >= 0.3 is 5.97 Å². The molecule has 1 aromatic heterocycles.